The van der Waals surface area contributed by atoms with E-state index >= 15 is 0 Å². The Morgan fingerprint density at radius 1 is 1.05 bits per heavy atom. The quantitative estimate of drug-likeness (QED) is 0.669. The summed E-state index contributed by atoms with van der Waals surface area (Å²) in [5, 5.41) is 0.00600. The Bertz CT molecular complexity index is 753. The number of hydrogen-bond donors (Lipinski definition) is 0. The minimum atomic E-state index is 0.00600. The van der Waals surface area contributed by atoms with Crippen LogP contribution in [0.3, 0.4) is 0 Å². The predicted octanol–water partition coefficient (Wildman–Crippen LogP) is 4.42. The number of nitrogens with zero attached hydrogens (tertiary/aromatic N) is 2. The second-order valence-corrected chi connectivity index (χ2v) is 6.02. The largest absolute Gasteiger partial charge is 0.320 e. The number of benzene rings is 2. The molecule has 1 unspecified atom stereocenters. The number of carbonyl (C=O) groups is 1. The summed E-state index contributed by atoms with van der Waals surface area (Å²) < 4.78 is 1.92. The van der Waals surface area contributed by atoms with Gasteiger partial charge in [-0.25, -0.2) is 4.98 Å². The third kappa shape index (κ3) is 3.12. The molecule has 110 valence electrons. The molecule has 1 aromatic heterocycles. The van der Waals surface area contributed by atoms with E-state index in [-0.39, 0.29) is 11.2 Å². The molecule has 0 aliphatic rings. The Morgan fingerprint density at radius 3 is 2.36 bits per heavy atom. The fraction of sp³-hybridized carbons (Fsp3) is 0.111. The van der Waals surface area contributed by atoms with E-state index in [4.69, 9.17) is 0 Å². The average Bonchev–Trinajstić information content (AvgIpc) is 3.05. The fourth-order valence-corrected chi connectivity index (χ4v) is 3.08. The second kappa shape index (κ2) is 6.62. The summed E-state index contributed by atoms with van der Waals surface area (Å²) in [6.45, 7) is 2.07. The zero-order chi connectivity index (χ0) is 15.4. The van der Waals surface area contributed by atoms with Crippen LogP contribution < -0.4 is 0 Å². The summed E-state index contributed by atoms with van der Waals surface area (Å²) in [6, 6.07) is 19.8. The number of thioether (sulfide) groups is 1. The molecular weight excluding hydrogens is 292 g/mol. The van der Waals surface area contributed by atoms with E-state index in [2.05, 4.69) is 24.0 Å². The zero-order valence-corrected chi connectivity index (χ0v) is 13.0. The molecule has 22 heavy (non-hydrogen) atoms. The summed E-state index contributed by atoms with van der Waals surface area (Å²) in [4.78, 5) is 17.6. The topological polar surface area (TPSA) is 34.9 Å². The summed E-state index contributed by atoms with van der Waals surface area (Å²) in [5.74, 6) is 0. The molecule has 0 fully saturated rings. The number of rotatable bonds is 4. The van der Waals surface area contributed by atoms with Crippen molar-refractivity contribution in [3.8, 4) is 0 Å². The van der Waals surface area contributed by atoms with Gasteiger partial charge in [-0.05, 0) is 36.4 Å². The molecule has 0 aliphatic heterocycles. The van der Waals surface area contributed by atoms with Crippen LogP contribution >= 0.6 is 11.8 Å². The minimum Gasteiger partial charge on any atom is -0.320 e. The van der Waals surface area contributed by atoms with Crippen molar-refractivity contribution in [2.75, 3.05) is 0 Å². The molecule has 1 heterocycles. The van der Waals surface area contributed by atoms with Crippen LogP contribution in [0.15, 0.2) is 78.1 Å². The first-order valence-corrected chi connectivity index (χ1v) is 7.91. The molecule has 3 aromatic rings. The lowest BCUT2D eigenvalue weighted by molar-refractivity contribution is 0.108. The third-order valence-electron chi connectivity index (χ3n) is 3.53. The van der Waals surface area contributed by atoms with Crippen molar-refractivity contribution < 1.29 is 4.79 Å². The Labute approximate surface area is 134 Å². The van der Waals surface area contributed by atoms with Crippen molar-refractivity contribution in [2.45, 2.75) is 17.9 Å². The van der Waals surface area contributed by atoms with Crippen LogP contribution in [0.25, 0.3) is 0 Å². The number of aromatic nitrogens is 2. The number of imidazole rings is 1. The van der Waals surface area contributed by atoms with Crippen LogP contribution in [0.1, 0.15) is 29.0 Å². The van der Waals surface area contributed by atoms with Crippen molar-refractivity contribution >= 4 is 16.9 Å². The van der Waals surface area contributed by atoms with Crippen LogP contribution in [-0.2, 0) is 0 Å². The fourth-order valence-electron chi connectivity index (χ4n) is 2.31. The molecule has 0 bridgehead atoms. The molecule has 3 nitrogen and oxygen atoms in total. The molecule has 2 aromatic carbocycles. The molecule has 4 heteroatoms. The van der Waals surface area contributed by atoms with E-state index in [0.29, 0.717) is 5.69 Å². The molecule has 0 saturated carbocycles. The Morgan fingerprint density at radius 2 is 1.68 bits per heavy atom. The highest BCUT2D eigenvalue weighted by atomic mass is 32.2. The van der Waals surface area contributed by atoms with Gasteiger partial charge in [0.1, 0.15) is 5.69 Å². The van der Waals surface area contributed by atoms with Crippen molar-refractivity contribution in [3.05, 3.63) is 84.4 Å². The van der Waals surface area contributed by atoms with Crippen LogP contribution in [-0.4, -0.2) is 14.7 Å². The molecule has 3 rings (SSSR count). The molecule has 0 amide bonds. The second-order valence-electron chi connectivity index (χ2n) is 4.98. The van der Waals surface area contributed by atoms with Gasteiger partial charge in [-0.1, -0.05) is 48.5 Å². The molecule has 0 spiro atoms. The van der Waals surface area contributed by atoms with Gasteiger partial charge in [0.25, 0.3) is 0 Å². The van der Waals surface area contributed by atoms with Gasteiger partial charge in [0.15, 0.2) is 0 Å². The van der Waals surface area contributed by atoms with Crippen molar-refractivity contribution in [1.82, 2.24) is 9.55 Å². The van der Waals surface area contributed by atoms with E-state index in [1.165, 1.54) is 11.8 Å². The molecule has 0 saturated heterocycles. The Balaban J connectivity index is 1.84. The number of carbonyl (C=O) groups excluding carboxylic acids is 1. The van der Waals surface area contributed by atoms with E-state index in [9.17, 15) is 4.79 Å². The first-order valence-electron chi connectivity index (χ1n) is 7.09. The molecule has 0 aliphatic carbocycles. The van der Waals surface area contributed by atoms with E-state index < -0.39 is 0 Å². The van der Waals surface area contributed by atoms with Gasteiger partial charge in [0.2, 0.25) is 5.12 Å². The summed E-state index contributed by atoms with van der Waals surface area (Å²) >= 11 is 1.23. The van der Waals surface area contributed by atoms with Crippen LogP contribution in [0.2, 0.25) is 0 Å². The lowest BCUT2D eigenvalue weighted by Gasteiger charge is -2.16. The van der Waals surface area contributed by atoms with Crippen LogP contribution in [0, 0.1) is 0 Å². The lowest BCUT2D eigenvalue weighted by Crippen LogP contribution is -2.11. The number of hydrogen-bond acceptors (Lipinski definition) is 3. The standard InChI is InChI=1S/C18H16N2OS/c1-14(15-8-4-2-5-9-15)20-13-19-12-17(20)18(21)22-16-10-6-3-7-11-16/h2-14H,1H3. The van der Waals surface area contributed by atoms with Gasteiger partial charge in [-0.3, -0.25) is 4.79 Å². The SMILES string of the molecule is CC(c1ccccc1)n1cncc1C(=O)Sc1ccccc1. The molecule has 1 atom stereocenters. The van der Waals surface area contributed by atoms with Gasteiger partial charge in [0, 0.05) is 4.90 Å². The molecular formula is C18H16N2OS. The van der Waals surface area contributed by atoms with Crippen LogP contribution in [0.5, 0.6) is 0 Å². The monoisotopic (exact) mass is 308 g/mol. The summed E-state index contributed by atoms with van der Waals surface area (Å²) in [5.41, 5.74) is 1.77. The lowest BCUT2D eigenvalue weighted by atomic mass is 10.1. The molecule has 0 N–H and O–H groups in total. The Hall–Kier alpha value is -2.33. The zero-order valence-electron chi connectivity index (χ0n) is 12.2. The van der Waals surface area contributed by atoms with Gasteiger partial charge in [-0.15, -0.1) is 0 Å². The van der Waals surface area contributed by atoms with Gasteiger partial charge in [0.05, 0.1) is 18.6 Å². The smallest absolute Gasteiger partial charge is 0.242 e. The van der Waals surface area contributed by atoms with E-state index in [0.717, 1.165) is 10.5 Å². The van der Waals surface area contributed by atoms with Crippen molar-refractivity contribution in [1.29, 1.82) is 0 Å². The van der Waals surface area contributed by atoms with Crippen molar-refractivity contribution in [3.63, 3.8) is 0 Å². The highest BCUT2D eigenvalue weighted by molar-refractivity contribution is 8.14. The third-order valence-corrected chi connectivity index (χ3v) is 4.43. The highest BCUT2D eigenvalue weighted by Gasteiger charge is 2.17. The maximum atomic E-state index is 12.5. The normalized spacial score (nSPS) is 12.0. The van der Waals surface area contributed by atoms with Gasteiger partial charge in [-0.2, -0.15) is 0 Å². The van der Waals surface area contributed by atoms with Crippen LogP contribution in [0.4, 0.5) is 0 Å². The first kappa shape index (κ1) is 14.6. The van der Waals surface area contributed by atoms with Gasteiger partial charge >= 0.3 is 0 Å². The van der Waals surface area contributed by atoms with Gasteiger partial charge < -0.3 is 4.57 Å². The molecule has 0 radical (unpaired) electrons. The summed E-state index contributed by atoms with van der Waals surface area (Å²) in [6.07, 6.45) is 3.36. The highest BCUT2D eigenvalue weighted by Crippen LogP contribution is 2.25. The van der Waals surface area contributed by atoms with E-state index in [1.54, 1.807) is 12.5 Å². The minimum absolute atomic E-state index is 0.00600. The summed E-state index contributed by atoms with van der Waals surface area (Å²) in [7, 11) is 0. The Kier molecular flexibility index (Phi) is 4.39. The maximum Gasteiger partial charge on any atom is 0.242 e. The predicted molar refractivity (Wildman–Crippen MR) is 89.1 cm³/mol. The maximum absolute atomic E-state index is 12.5. The van der Waals surface area contributed by atoms with Crippen molar-refractivity contribution in [2.24, 2.45) is 0 Å². The average molecular weight is 308 g/mol. The first-order chi connectivity index (χ1) is 10.8. The van der Waals surface area contributed by atoms with E-state index in [1.807, 2.05) is 53.1 Å².